The van der Waals surface area contributed by atoms with Crippen LogP contribution in [0, 0.1) is 6.92 Å². The van der Waals surface area contributed by atoms with Crippen LogP contribution < -0.4 is 20.5 Å². The number of aryl methyl sites for hydroxylation is 1. The Bertz CT molecular complexity index is 1460. The third-order valence-electron chi connectivity index (χ3n) is 5.37. The van der Waals surface area contributed by atoms with Gasteiger partial charge in [-0.05, 0) is 61.5 Å². The molecule has 0 unspecified atom stereocenters. The predicted molar refractivity (Wildman–Crippen MR) is 137 cm³/mol. The summed E-state index contributed by atoms with van der Waals surface area (Å²) in [5.74, 6) is -0.608. The van der Waals surface area contributed by atoms with Crippen LogP contribution in [0.25, 0.3) is 10.2 Å². The van der Waals surface area contributed by atoms with E-state index in [0.29, 0.717) is 37.8 Å². The summed E-state index contributed by atoms with van der Waals surface area (Å²) in [4.78, 5) is 43.4. The molecule has 0 saturated carbocycles. The lowest BCUT2D eigenvalue weighted by atomic mass is 10.1. The van der Waals surface area contributed by atoms with Crippen molar-refractivity contribution in [1.82, 2.24) is 4.98 Å². The Morgan fingerprint density at radius 2 is 1.69 bits per heavy atom. The third kappa shape index (κ3) is 5.13. The van der Waals surface area contributed by atoms with Crippen molar-refractivity contribution in [3.63, 3.8) is 0 Å². The van der Waals surface area contributed by atoms with Gasteiger partial charge in [0.15, 0.2) is 12.4 Å². The molecule has 4 rings (SSSR count). The van der Waals surface area contributed by atoms with Gasteiger partial charge in [0.25, 0.3) is 5.91 Å². The van der Waals surface area contributed by atoms with Gasteiger partial charge in [-0.15, -0.1) is 11.3 Å². The number of benzene rings is 2. The van der Waals surface area contributed by atoms with E-state index < -0.39 is 18.5 Å². The predicted octanol–water partition coefficient (Wildman–Crippen LogP) is 4.50. The van der Waals surface area contributed by atoms with Gasteiger partial charge in [0.1, 0.15) is 21.2 Å². The van der Waals surface area contributed by atoms with E-state index in [1.54, 1.807) is 24.3 Å². The summed E-state index contributed by atoms with van der Waals surface area (Å²) in [5.41, 5.74) is 8.10. The molecule has 0 aliphatic rings. The number of esters is 1. The average Bonchev–Trinajstić information content (AvgIpc) is 3.22. The van der Waals surface area contributed by atoms with E-state index in [2.05, 4.69) is 10.3 Å². The molecule has 1 amide bonds. The molecule has 0 saturated heterocycles. The molecule has 2 heterocycles. The molecule has 10 heteroatoms. The lowest BCUT2D eigenvalue weighted by molar-refractivity contribution is 0.0474. The minimum Gasteiger partial charge on any atom is -0.497 e. The van der Waals surface area contributed by atoms with Gasteiger partial charge in [0, 0.05) is 16.6 Å². The first-order valence-corrected chi connectivity index (χ1v) is 11.6. The number of nitrogens with zero attached hydrogens (tertiary/aromatic N) is 1. The highest BCUT2D eigenvalue weighted by molar-refractivity contribution is 7.21. The topological polar surface area (TPSA) is 130 Å². The molecule has 184 valence electrons. The van der Waals surface area contributed by atoms with Crippen molar-refractivity contribution in [3.05, 3.63) is 76.3 Å². The lowest BCUT2D eigenvalue weighted by Crippen LogP contribution is -2.16. The smallest absolute Gasteiger partial charge is 0.338 e. The number of fused-ring (bicyclic) bond motifs is 1. The molecule has 0 aliphatic carbocycles. The summed E-state index contributed by atoms with van der Waals surface area (Å²) in [6.07, 6.45) is 0. The monoisotopic (exact) mass is 505 g/mol. The van der Waals surface area contributed by atoms with E-state index in [-0.39, 0.29) is 17.0 Å². The zero-order valence-electron chi connectivity index (χ0n) is 19.8. The number of carbonyl (C=O) groups excluding carboxylic acids is 3. The van der Waals surface area contributed by atoms with Gasteiger partial charge in [0.2, 0.25) is 0 Å². The first-order chi connectivity index (χ1) is 17.3. The molecular formula is C26H23N3O6S. The number of anilines is 2. The first-order valence-electron chi connectivity index (χ1n) is 10.8. The summed E-state index contributed by atoms with van der Waals surface area (Å²) in [7, 11) is 2.97. The van der Waals surface area contributed by atoms with E-state index in [1.807, 2.05) is 19.1 Å². The number of nitrogens with two attached hydrogens (primary N) is 1. The number of hydrogen-bond donors (Lipinski definition) is 2. The number of amides is 1. The van der Waals surface area contributed by atoms with Crippen molar-refractivity contribution in [2.24, 2.45) is 0 Å². The van der Waals surface area contributed by atoms with Gasteiger partial charge in [-0.3, -0.25) is 9.59 Å². The fourth-order valence-electron chi connectivity index (χ4n) is 3.44. The number of methoxy groups -OCH3 is 2. The van der Waals surface area contributed by atoms with Gasteiger partial charge in [0.05, 0.1) is 31.2 Å². The maximum absolute atomic E-state index is 13.0. The fourth-order valence-corrected chi connectivity index (χ4v) is 4.48. The van der Waals surface area contributed by atoms with Crippen LogP contribution >= 0.6 is 11.3 Å². The molecule has 0 radical (unpaired) electrons. The van der Waals surface area contributed by atoms with E-state index in [9.17, 15) is 14.4 Å². The maximum atomic E-state index is 13.0. The first kappa shape index (κ1) is 24.7. The Balaban J connectivity index is 1.49. The number of aromatic nitrogens is 1. The maximum Gasteiger partial charge on any atom is 0.338 e. The molecule has 2 aromatic carbocycles. The second kappa shape index (κ2) is 10.4. The van der Waals surface area contributed by atoms with Crippen LogP contribution in [-0.2, 0) is 4.74 Å². The second-order valence-corrected chi connectivity index (χ2v) is 8.75. The Morgan fingerprint density at radius 3 is 2.39 bits per heavy atom. The van der Waals surface area contributed by atoms with Crippen LogP contribution in [0.5, 0.6) is 11.5 Å². The number of ether oxygens (including phenoxy) is 3. The molecule has 2 aromatic heterocycles. The minimum atomic E-state index is -0.726. The molecule has 9 nitrogen and oxygen atoms in total. The van der Waals surface area contributed by atoms with Crippen molar-refractivity contribution in [2.75, 3.05) is 31.9 Å². The number of carbonyl (C=O) groups is 3. The highest BCUT2D eigenvalue weighted by Crippen LogP contribution is 2.34. The lowest BCUT2D eigenvalue weighted by Gasteiger charge is -2.12. The number of ketones is 1. The third-order valence-corrected chi connectivity index (χ3v) is 6.48. The van der Waals surface area contributed by atoms with E-state index in [0.717, 1.165) is 5.69 Å². The van der Waals surface area contributed by atoms with Gasteiger partial charge < -0.3 is 25.3 Å². The standard InChI is InChI=1S/C26H23N3O6S/c1-14-4-10-18-22(27)23(36-25(18)28-14)24(31)29-19-12-16(7-11-21(19)34-3)26(32)35-13-20(30)15-5-8-17(33-2)9-6-15/h4-12H,13,27H2,1-3H3,(H,29,31). The van der Waals surface area contributed by atoms with Crippen LogP contribution in [-0.4, -0.2) is 43.5 Å². The summed E-state index contributed by atoms with van der Waals surface area (Å²) in [6, 6.07) is 14.5. The Labute approximate surface area is 210 Å². The molecule has 0 spiro atoms. The molecule has 0 bridgehead atoms. The largest absolute Gasteiger partial charge is 0.497 e. The van der Waals surface area contributed by atoms with E-state index in [1.165, 1.54) is 43.8 Å². The van der Waals surface area contributed by atoms with Crippen LogP contribution in [0.3, 0.4) is 0 Å². The van der Waals surface area contributed by atoms with Crippen molar-refractivity contribution >= 4 is 50.6 Å². The molecular weight excluding hydrogens is 482 g/mol. The summed E-state index contributed by atoms with van der Waals surface area (Å²) >= 11 is 1.17. The average molecular weight is 506 g/mol. The summed E-state index contributed by atoms with van der Waals surface area (Å²) in [6.45, 7) is 1.42. The highest BCUT2D eigenvalue weighted by Gasteiger charge is 2.20. The number of nitrogens with one attached hydrogen (secondary N) is 1. The number of nitrogen functional groups attached to an aromatic ring is 1. The highest BCUT2D eigenvalue weighted by atomic mass is 32.1. The minimum absolute atomic E-state index is 0.134. The van der Waals surface area contributed by atoms with Crippen molar-refractivity contribution in [1.29, 1.82) is 0 Å². The molecule has 0 aliphatic heterocycles. The zero-order chi connectivity index (χ0) is 25.8. The Hall–Kier alpha value is -4.44. The quantitative estimate of drug-likeness (QED) is 0.265. The van der Waals surface area contributed by atoms with Gasteiger partial charge in [-0.1, -0.05) is 0 Å². The zero-order valence-corrected chi connectivity index (χ0v) is 20.6. The molecule has 36 heavy (non-hydrogen) atoms. The number of thiophene rings is 1. The normalized spacial score (nSPS) is 10.6. The SMILES string of the molecule is COc1ccc(C(=O)COC(=O)c2ccc(OC)c(NC(=O)c3sc4nc(C)ccc4c3N)c2)cc1. The molecule has 0 fully saturated rings. The number of pyridine rings is 1. The number of hydrogen-bond acceptors (Lipinski definition) is 9. The number of Topliss-reactive ketones (excluding diaryl/α,β-unsaturated/α-hetero) is 1. The number of rotatable bonds is 8. The molecule has 0 atom stereocenters. The molecule has 4 aromatic rings. The van der Waals surface area contributed by atoms with E-state index in [4.69, 9.17) is 19.9 Å². The van der Waals surface area contributed by atoms with Crippen LogP contribution in [0.1, 0.15) is 36.1 Å². The van der Waals surface area contributed by atoms with Gasteiger partial charge in [-0.25, -0.2) is 9.78 Å². The summed E-state index contributed by atoms with van der Waals surface area (Å²) < 4.78 is 15.6. The summed E-state index contributed by atoms with van der Waals surface area (Å²) in [5, 5.41) is 3.44. The Kier molecular flexibility index (Phi) is 7.16. The van der Waals surface area contributed by atoms with Crippen molar-refractivity contribution in [3.8, 4) is 11.5 Å². The van der Waals surface area contributed by atoms with Crippen molar-refractivity contribution in [2.45, 2.75) is 6.92 Å². The molecule has 3 N–H and O–H groups in total. The van der Waals surface area contributed by atoms with Gasteiger partial charge in [-0.2, -0.15) is 0 Å². The fraction of sp³-hybridized carbons (Fsp3) is 0.154. The van der Waals surface area contributed by atoms with Crippen LogP contribution in [0.4, 0.5) is 11.4 Å². The van der Waals surface area contributed by atoms with E-state index >= 15 is 0 Å². The van der Waals surface area contributed by atoms with Crippen molar-refractivity contribution < 1.29 is 28.6 Å². The Morgan fingerprint density at radius 1 is 0.972 bits per heavy atom. The second-order valence-electron chi connectivity index (χ2n) is 7.75. The van der Waals surface area contributed by atoms with Crippen LogP contribution in [0.2, 0.25) is 0 Å². The van der Waals surface area contributed by atoms with Crippen LogP contribution in [0.15, 0.2) is 54.6 Å². The van der Waals surface area contributed by atoms with Gasteiger partial charge >= 0.3 is 5.97 Å².